The molecule has 0 saturated carbocycles. The van der Waals surface area contributed by atoms with E-state index >= 15 is 0 Å². The number of aromatic nitrogens is 5. The van der Waals surface area contributed by atoms with E-state index in [0.717, 1.165) is 22.3 Å². The van der Waals surface area contributed by atoms with E-state index in [2.05, 4.69) is 37.4 Å². The van der Waals surface area contributed by atoms with Crippen molar-refractivity contribution in [2.75, 3.05) is 11.9 Å². The van der Waals surface area contributed by atoms with Crippen LogP contribution >= 0.6 is 34.7 Å². The molecule has 2 heterocycles. The standard InChI is InChI=1S/C9H11ClN6S2/c1-3-4-11-7-12-6(10)13-8(14-7)18-9-16-15-5(2)17-9/h3-4H2,1-2H3,(H,11,12,13,14). The smallest absolute Gasteiger partial charge is 0.228 e. The van der Waals surface area contributed by atoms with Gasteiger partial charge in [0.05, 0.1) is 0 Å². The first-order valence-electron chi connectivity index (χ1n) is 5.30. The first-order chi connectivity index (χ1) is 8.67. The van der Waals surface area contributed by atoms with E-state index in [1.54, 1.807) is 0 Å². The first kappa shape index (κ1) is 13.4. The first-order valence-corrected chi connectivity index (χ1v) is 7.32. The molecule has 2 aromatic rings. The van der Waals surface area contributed by atoms with Crippen molar-refractivity contribution in [1.29, 1.82) is 0 Å². The number of rotatable bonds is 5. The minimum atomic E-state index is 0.173. The molecule has 0 aliphatic carbocycles. The highest BCUT2D eigenvalue weighted by atomic mass is 35.5. The van der Waals surface area contributed by atoms with E-state index in [4.69, 9.17) is 11.6 Å². The Morgan fingerprint density at radius 1 is 1.28 bits per heavy atom. The Morgan fingerprint density at radius 2 is 2.11 bits per heavy atom. The Kier molecular flexibility index (Phi) is 4.67. The number of aryl methyl sites for hydroxylation is 1. The lowest BCUT2D eigenvalue weighted by molar-refractivity contribution is 0.875. The van der Waals surface area contributed by atoms with Crippen LogP contribution in [0.4, 0.5) is 5.95 Å². The van der Waals surface area contributed by atoms with Gasteiger partial charge in [0, 0.05) is 6.54 Å². The minimum absolute atomic E-state index is 0.173. The molecule has 0 unspecified atom stereocenters. The molecule has 0 atom stereocenters. The normalized spacial score (nSPS) is 10.6. The lowest BCUT2D eigenvalue weighted by atomic mass is 10.5. The number of nitrogens with zero attached hydrogens (tertiary/aromatic N) is 5. The maximum absolute atomic E-state index is 5.85. The van der Waals surface area contributed by atoms with Gasteiger partial charge < -0.3 is 5.32 Å². The summed E-state index contributed by atoms with van der Waals surface area (Å²) in [5.74, 6) is 0.487. The van der Waals surface area contributed by atoms with Gasteiger partial charge in [-0.25, -0.2) is 0 Å². The fourth-order valence-electron chi connectivity index (χ4n) is 1.09. The van der Waals surface area contributed by atoms with Crippen LogP contribution in [0.2, 0.25) is 5.28 Å². The number of nitrogens with one attached hydrogen (secondary N) is 1. The van der Waals surface area contributed by atoms with Crippen LogP contribution in [0.1, 0.15) is 18.4 Å². The van der Waals surface area contributed by atoms with Gasteiger partial charge in [0.2, 0.25) is 16.4 Å². The molecule has 18 heavy (non-hydrogen) atoms. The third-order valence-corrected chi connectivity index (χ3v) is 3.73. The molecule has 0 aromatic carbocycles. The van der Waals surface area contributed by atoms with Gasteiger partial charge in [0.1, 0.15) is 5.01 Å². The van der Waals surface area contributed by atoms with Crippen molar-refractivity contribution in [3.63, 3.8) is 0 Å². The zero-order valence-electron chi connectivity index (χ0n) is 9.84. The van der Waals surface area contributed by atoms with Gasteiger partial charge in [-0.15, -0.1) is 10.2 Å². The molecule has 0 radical (unpaired) electrons. The van der Waals surface area contributed by atoms with Crippen LogP contribution in [-0.4, -0.2) is 31.7 Å². The van der Waals surface area contributed by atoms with Gasteiger partial charge in [-0.2, -0.15) is 15.0 Å². The minimum Gasteiger partial charge on any atom is -0.354 e. The average molecular weight is 303 g/mol. The van der Waals surface area contributed by atoms with Crippen LogP contribution < -0.4 is 5.32 Å². The molecule has 2 aromatic heterocycles. The van der Waals surface area contributed by atoms with E-state index < -0.39 is 0 Å². The monoisotopic (exact) mass is 302 g/mol. The van der Waals surface area contributed by atoms with Crippen molar-refractivity contribution in [1.82, 2.24) is 25.1 Å². The van der Waals surface area contributed by atoms with Crippen molar-refractivity contribution in [3.8, 4) is 0 Å². The van der Waals surface area contributed by atoms with Crippen LogP contribution in [0.5, 0.6) is 0 Å². The summed E-state index contributed by atoms with van der Waals surface area (Å²) in [5, 5.41) is 12.6. The third kappa shape index (κ3) is 3.76. The van der Waals surface area contributed by atoms with Gasteiger partial charge >= 0.3 is 0 Å². The Hall–Kier alpha value is -0.990. The molecule has 96 valence electrons. The molecule has 2 rings (SSSR count). The highest BCUT2D eigenvalue weighted by Crippen LogP contribution is 2.28. The molecule has 0 aliphatic heterocycles. The number of halogens is 1. The van der Waals surface area contributed by atoms with Crippen molar-refractivity contribution < 1.29 is 0 Å². The van der Waals surface area contributed by atoms with Crippen LogP contribution in [0.25, 0.3) is 0 Å². The summed E-state index contributed by atoms with van der Waals surface area (Å²) in [7, 11) is 0. The molecule has 0 aliphatic rings. The second kappa shape index (κ2) is 6.26. The van der Waals surface area contributed by atoms with Crippen LogP contribution in [0, 0.1) is 6.92 Å². The van der Waals surface area contributed by atoms with Gasteiger partial charge in [0.15, 0.2) is 4.34 Å². The second-order valence-corrected chi connectivity index (χ2v) is 6.06. The molecular formula is C9H11ClN6S2. The van der Waals surface area contributed by atoms with E-state index in [1.807, 2.05) is 6.92 Å². The Balaban J connectivity index is 2.14. The summed E-state index contributed by atoms with van der Waals surface area (Å²) in [4.78, 5) is 12.3. The summed E-state index contributed by atoms with van der Waals surface area (Å²) in [5.41, 5.74) is 0. The van der Waals surface area contributed by atoms with Crippen molar-refractivity contribution in [3.05, 3.63) is 10.3 Å². The molecule has 9 heteroatoms. The van der Waals surface area contributed by atoms with Gasteiger partial charge in [0.25, 0.3) is 0 Å². The van der Waals surface area contributed by atoms with E-state index in [-0.39, 0.29) is 5.28 Å². The van der Waals surface area contributed by atoms with Crippen molar-refractivity contribution in [2.24, 2.45) is 0 Å². The molecule has 0 amide bonds. The summed E-state index contributed by atoms with van der Waals surface area (Å²) >= 11 is 8.67. The van der Waals surface area contributed by atoms with E-state index in [0.29, 0.717) is 11.1 Å². The number of hydrogen-bond acceptors (Lipinski definition) is 8. The van der Waals surface area contributed by atoms with Crippen LogP contribution in [0.15, 0.2) is 9.50 Å². The maximum atomic E-state index is 5.85. The molecule has 1 N–H and O–H groups in total. The number of anilines is 1. The highest BCUT2D eigenvalue weighted by Gasteiger charge is 2.09. The number of hydrogen-bond donors (Lipinski definition) is 1. The van der Waals surface area contributed by atoms with E-state index in [1.165, 1.54) is 23.1 Å². The zero-order valence-corrected chi connectivity index (χ0v) is 12.2. The topological polar surface area (TPSA) is 76.5 Å². The third-order valence-electron chi connectivity index (χ3n) is 1.81. The zero-order chi connectivity index (χ0) is 13.0. The molecule has 0 bridgehead atoms. The SMILES string of the molecule is CCCNc1nc(Cl)nc(Sc2nnc(C)s2)n1. The Labute approximate surface area is 118 Å². The summed E-state index contributed by atoms with van der Waals surface area (Å²) in [6, 6.07) is 0. The summed E-state index contributed by atoms with van der Waals surface area (Å²) in [6.07, 6.45) is 0.987. The van der Waals surface area contributed by atoms with Crippen molar-refractivity contribution >= 4 is 40.6 Å². The fraction of sp³-hybridized carbons (Fsp3) is 0.444. The van der Waals surface area contributed by atoms with E-state index in [9.17, 15) is 0 Å². The van der Waals surface area contributed by atoms with Crippen molar-refractivity contribution in [2.45, 2.75) is 29.8 Å². The Bertz CT molecular complexity index is 532. The van der Waals surface area contributed by atoms with Crippen LogP contribution in [0.3, 0.4) is 0 Å². The fourth-order valence-corrected chi connectivity index (χ4v) is 2.97. The summed E-state index contributed by atoms with van der Waals surface area (Å²) in [6.45, 7) is 4.76. The maximum Gasteiger partial charge on any atom is 0.228 e. The highest BCUT2D eigenvalue weighted by molar-refractivity contribution is 8.00. The van der Waals surface area contributed by atoms with Gasteiger partial charge in [-0.3, -0.25) is 0 Å². The molecule has 0 saturated heterocycles. The predicted octanol–water partition coefficient (Wildman–Crippen LogP) is 2.66. The lowest BCUT2D eigenvalue weighted by Gasteiger charge is -2.03. The molecule has 0 fully saturated rings. The van der Waals surface area contributed by atoms with Gasteiger partial charge in [-0.1, -0.05) is 18.3 Å². The molecule has 0 spiro atoms. The van der Waals surface area contributed by atoms with Crippen LogP contribution in [-0.2, 0) is 0 Å². The molecular weight excluding hydrogens is 292 g/mol. The quantitative estimate of drug-likeness (QED) is 0.909. The average Bonchev–Trinajstić information content (AvgIpc) is 2.71. The molecule has 6 nitrogen and oxygen atoms in total. The second-order valence-electron chi connectivity index (χ2n) is 3.33. The lowest BCUT2D eigenvalue weighted by Crippen LogP contribution is -2.06. The summed E-state index contributed by atoms with van der Waals surface area (Å²) < 4.78 is 0.788. The van der Waals surface area contributed by atoms with Gasteiger partial charge in [-0.05, 0) is 36.7 Å². The largest absolute Gasteiger partial charge is 0.354 e. The Morgan fingerprint density at radius 3 is 2.78 bits per heavy atom. The predicted molar refractivity (Wildman–Crippen MR) is 72.4 cm³/mol.